The Hall–Kier alpha value is -2.82. The van der Waals surface area contributed by atoms with Gasteiger partial charge in [-0.05, 0) is 63.0 Å². The van der Waals surface area contributed by atoms with Gasteiger partial charge < -0.3 is 19.6 Å². The molecule has 1 aliphatic carbocycles. The summed E-state index contributed by atoms with van der Waals surface area (Å²) in [5.74, 6) is -1.47. The number of piperidine rings is 2. The summed E-state index contributed by atoms with van der Waals surface area (Å²) in [7, 11) is 0. The first kappa shape index (κ1) is 36.0. The normalized spacial score (nSPS) is 23.1. The van der Waals surface area contributed by atoms with Crippen LogP contribution in [0.15, 0.2) is 18.2 Å². The van der Waals surface area contributed by atoms with E-state index in [1.807, 2.05) is 32.0 Å². The zero-order chi connectivity index (χ0) is 33.5. The lowest BCUT2D eigenvalue weighted by Crippen LogP contribution is -2.61. The zero-order valence-corrected chi connectivity index (χ0v) is 27.7. The SMILES string of the molecule is CCCCC1CN(CC2CCCCC2)C(=O)OC12CCN(C1CCN(C(=O)c3c(C)cccc3C)CC1)CC2.O=C(O)C(F)(F)F. The number of benzene rings is 1. The quantitative estimate of drug-likeness (QED) is 0.335. The first-order chi connectivity index (χ1) is 21.8. The largest absolute Gasteiger partial charge is 0.490 e. The van der Waals surface area contributed by atoms with Crippen LogP contribution in [0.4, 0.5) is 18.0 Å². The second kappa shape index (κ2) is 15.8. The van der Waals surface area contributed by atoms with Crippen LogP contribution in [0.2, 0.25) is 0 Å². The maximum atomic E-state index is 13.3. The number of carboxylic acids is 1. The number of carbonyl (C=O) groups excluding carboxylic acids is 2. The molecule has 0 radical (unpaired) electrons. The van der Waals surface area contributed by atoms with Crippen LogP contribution in [0.3, 0.4) is 0 Å². The molecule has 0 bridgehead atoms. The molecule has 3 aliphatic heterocycles. The van der Waals surface area contributed by atoms with Crippen LogP contribution in [0.1, 0.15) is 105 Å². The van der Waals surface area contributed by atoms with E-state index < -0.39 is 12.1 Å². The maximum absolute atomic E-state index is 13.3. The van der Waals surface area contributed by atoms with Gasteiger partial charge in [-0.1, -0.05) is 57.2 Å². The van der Waals surface area contributed by atoms with Crippen molar-refractivity contribution in [3.63, 3.8) is 0 Å². The molecule has 3 saturated heterocycles. The van der Waals surface area contributed by atoms with Gasteiger partial charge in [0.25, 0.3) is 5.91 Å². The molecule has 8 nitrogen and oxygen atoms in total. The van der Waals surface area contributed by atoms with Gasteiger partial charge in [0, 0.05) is 69.6 Å². The lowest BCUT2D eigenvalue weighted by atomic mass is 9.75. The fourth-order valence-electron chi connectivity index (χ4n) is 7.99. The van der Waals surface area contributed by atoms with Crippen LogP contribution in [0.5, 0.6) is 0 Å². The van der Waals surface area contributed by atoms with Crippen molar-refractivity contribution in [2.45, 2.75) is 116 Å². The van der Waals surface area contributed by atoms with Gasteiger partial charge in [0.15, 0.2) is 0 Å². The summed E-state index contributed by atoms with van der Waals surface area (Å²) >= 11 is 0. The van der Waals surface area contributed by atoms with Gasteiger partial charge >= 0.3 is 18.2 Å². The van der Waals surface area contributed by atoms with Crippen molar-refractivity contribution in [1.82, 2.24) is 14.7 Å². The predicted molar refractivity (Wildman–Crippen MR) is 170 cm³/mol. The summed E-state index contributed by atoms with van der Waals surface area (Å²) in [4.78, 5) is 42.2. The van der Waals surface area contributed by atoms with Crippen molar-refractivity contribution < 1.29 is 37.4 Å². The van der Waals surface area contributed by atoms with E-state index >= 15 is 0 Å². The highest BCUT2D eigenvalue weighted by Gasteiger charge is 2.50. The molecule has 2 amide bonds. The van der Waals surface area contributed by atoms with Crippen molar-refractivity contribution in [3.05, 3.63) is 34.9 Å². The predicted octanol–water partition coefficient (Wildman–Crippen LogP) is 7.21. The number of amides is 2. The monoisotopic (exact) mass is 651 g/mol. The number of carboxylic acid groups (broad SMARTS) is 1. The molecule has 258 valence electrons. The molecule has 0 aromatic heterocycles. The second-order valence-corrected chi connectivity index (χ2v) is 13.8. The minimum absolute atomic E-state index is 0.0555. The molecule has 1 spiro atoms. The molecule has 4 aliphatic rings. The van der Waals surface area contributed by atoms with Gasteiger partial charge in [0.1, 0.15) is 5.60 Å². The number of carbonyl (C=O) groups is 3. The number of ether oxygens (including phenoxy) is 1. The highest BCUT2D eigenvalue weighted by Crippen LogP contribution is 2.42. The molecule has 4 fully saturated rings. The minimum atomic E-state index is -5.08. The molecule has 3 heterocycles. The Morgan fingerprint density at radius 3 is 2.11 bits per heavy atom. The van der Waals surface area contributed by atoms with Crippen LogP contribution < -0.4 is 0 Å². The van der Waals surface area contributed by atoms with E-state index in [1.165, 1.54) is 44.9 Å². The van der Waals surface area contributed by atoms with Crippen LogP contribution in [0, 0.1) is 25.7 Å². The number of unbranched alkanes of at least 4 members (excludes halogenated alkanes) is 1. The topological polar surface area (TPSA) is 90.4 Å². The molecule has 1 aromatic carbocycles. The summed E-state index contributed by atoms with van der Waals surface area (Å²) in [5.41, 5.74) is 2.73. The highest BCUT2D eigenvalue weighted by atomic mass is 19.4. The maximum Gasteiger partial charge on any atom is 0.490 e. The lowest BCUT2D eigenvalue weighted by molar-refractivity contribution is -0.192. The summed E-state index contributed by atoms with van der Waals surface area (Å²) in [6, 6.07) is 6.62. The Balaban J connectivity index is 0.000000617. The third-order valence-electron chi connectivity index (χ3n) is 10.7. The zero-order valence-electron chi connectivity index (χ0n) is 27.7. The van der Waals surface area contributed by atoms with Crippen molar-refractivity contribution >= 4 is 18.0 Å². The number of rotatable bonds is 7. The third-order valence-corrected chi connectivity index (χ3v) is 10.7. The molecule has 11 heteroatoms. The van der Waals surface area contributed by atoms with Gasteiger partial charge in [0.05, 0.1) is 0 Å². The number of halogens is 3. The van der Waals surface area contributed by atoms with Crippen molar-refractivity contribution in [2.24, 2.45) is 11.8 Å². The molecule has 1 unspecified atom stereocenters. The number of aryl methyl sites for hydroxylation is 2. The number of nitrogens with zero attached hydrogens (tertiary/aromatic N) is 3. The van der Waals surface area contributed by atoms with Crippen molar-refractivity contribution in [3.8, 4) is 0 Å². The standard InChI is InChI=1S/C33H51N3O3.C2HF3O2/c1-4-5-14-28-24-36(23-27-12-7-6-8-13-27)32(38)39-33(28)17-21-34(22-18-33)29-15-19-35(20-16-29)31(37)30-25(2)10-9-11-26(30)3;3-2(4,5)1(6)7/h9-11,27-29H,4-8,12-24H2,1-3H3;(H,6,7). The van der Waals surface area contributed by atoms with E-state index in [9.17, 15) is 22.8 Å². The first-order valence-electron chi connectivity index (χ1n) is 17.2. The van der Waals surface area contributed by atoms with Gasteiger partial charge in [0.2, 0.25) is 0 Å². The summed E-state index contributed by atoms with van der Waals surface area (Å²) in [5, 5.41) is 7.12. The third kappa shape index (κ3) is 8.95. The Morgan fingerprint density at radius 2 is 1.57 bits per heavy atom. The average molecular weight is 652 g/mol. The average Bonchev–Trinajstić information content (AvgIpc) is 3.02. The number of aliphatic carboxylic acids is 1. The van der Waals surface area contributed by atoms with Crippen LogP contribution in [-0.4, -0.2) is 94.9 Å². The summed E-state index contributed by atoms with van der Waals surface area (Å²) < 4.78 is 38.2. The van der Waals surface area contributed by atoms with Gasteiger partial charge in [-0.25, -0.2) is 9.59 Å². The fraction of sp³-hybridized carbons (Fsp3) is 0.743. The van der Waals surface area contributed by atoms with E-state index in [0.717, 1.165) is 88.1 Å². The fourth-order valence-corrected chi connectivity index (χ4v) is 7.99. The number of likely N-dealkylation sites (tertiary alicyclic amines) is 2. The number of hydrogen-bond donors (Lipinski definition) is 1. The summed E-state index contributed by atoms with van der Waals surface area (Å²) in [6.45, 7) is 11.8. The molecule has 1 saturated carbocycles. The van der Waals surface area contributed by atoms with E-state index in [0.29, 0.717) is 17.9 Å². The van der Waals surface area contributed by atoms with Gasteiger partial charge in [-0.3, -0.25) is 9.69 Å². The Kier molecular flexibility index (Phi) is 12.4. The number of hydrogen-bond acceptors (Lipinski definition) is 5. The molecule has 5 rings (SSSR count). The summed E-state index contributed by atoms with van der Waals surface area (Å²) in [6.07, 6.45) is 8.86. The Bertz CT molecular complexity index is 1170. The van der Waals surface area contributed by atoms with E-state index in [-0.39, 0.29) is 17.6 Å². The van der Waals surface area contributed by atoms with Crippen LogP contribution in [0.25, 0.3) is 0 Å². The molecule has 1 aromatic rings. The van der Waals surface area contributed by atoms with Crippen LogP contribution in [-0.2, 0) is 9.53 Å². The van der Waals surface area contributed by atoms with Crippen LogP contribution >= 0.6 is 0 Å². The number of alkyl halides is 3. The van der Waals surface area contributed by atoms with Gasteiger partial charge in [-0.15, -0.1) is 0 Å². The Morgan fingerprint density at radius 1 is 0.978 bits per heavy atom. The highest BCUT2D eigenvalue weighted by molar-refractivity contribution is 5.97. The molecule has 1 N–H and O–H groups in total. The van der Waals surface area contributed by atoms with E-state index in [2.05, 4.69) is 21.6 Å². The van der Waals surface area contributed by atoms with E-state index in [4.69, 9.17) is 14.6 Å². The molecule has 1 atom stereocenters. The smallest absolute Gasteiger partial charge is 0.475 e. The van der Waals surface area contributed by atoms with Crippen molar-refractivity contribution in [1.29, 1.82) is 0 Å². The van der Waals surface area contributed by atoms with Crippen molar-refractivity contribution in [2.75, 3.05) is 39.3 Å². The molecule has 46 heavy (non-hydrogen) atoms. The minimum Gasteiger partial charge on any atom is -0.475 e. The second-order valence-electron chi connectivity index (χ2n) is 13.8. The van der Waals surface area contributed by atoms with E-state index in [1.54, 1.807) is 0 Å². The first-order valence-corrected chi connectivity index (χ1v) is 17.2. The Labute approximate surface area is 271 Å². The van der Waals surface area contributed by atoms with Gasteiger partial charge in [-0.2, -0.15) is 13.2 Å². The lowest BCUT2D eigenvalue weighted by Gasteiger charge is -2.52. The molecular weight excluding hydrogens is 599 g/mol. The molecular formula is C35H52F3N3O5.